The second-order valence-corrected chi connectivity index (χ2v) is 6.40. The molecule has 0 radical (unpaired) electrons. The summed E-state index contributed by atoms with van der Waals surface area (Å²) in [7, 11) is 0. The average molecular weight is 317 g/mol. The number of hydrogen-bond donors (Lipinski definition) is 2. The second kappa shape index (κ2) is 5.73. The van der Waals surface area contributed by atoms with Gasteiger partial charge in [-0.05, 0) is 40.5 Å². The van der Waals surface area contributed by atoms with Crippen LogP contribution in [0.1, 0.15) is 23.5 Å². The Morgan fingerprint density at radius 2 is 1.88 bits per heavy atom. The Hall–Kier alpha value is -2.72. The highest BCUT2D eigenvalue weighted by Crippen LogP contribution is 2.49. The van der Waals surface area contributed by atoms with Gasteiger partial charge in [0.05, 0.1) is 0 Å². The molecular weight excluding hydrogens is 298 g/mol. The number of hydrogen-bond acceptors (Lipinski definition) is 3. The molecule has 0 spiro atoms. The molecule has 1 aliphatic rings. The molecule has 3 N–H and O–H groups in total. The van der Waals surface area contributed by atoms with E-state index in [0.717, 1.165) is 16.5 Å². The van der Waals surface area contributed by atoms with Crippen LogP contribution >= 0.6 is 0 Å². The molecule has 4 rings (SSSR count). The summed E-state index contributed by atoms with van der Waals surface area (Å²) in [5.41, 5.74) is 7.69. The van der Waals surface area contributed by atoms with Crippen LogP contribution in [-0.4, -0.2) is 16.4 Å². The van der Waals surface area contributed by atoms with E-state index in [1.54, 1.807) is 12.4 Å². The molecule has 4 heteroatoms. The molecule has 1 amide bonds. The van der Waals surface area contributed by atoms with Gasteiger partial charge in [0, 0.05) is 24.9 Å². The third-order valence-corrected chi connectivity index (χ3v) is 4.85. The molecule has 1 saturated carbocycles. The number of amides is 1. The van der Waals surface area contributed by atoms with Crippen LogP contribution in [-0.2, 0) is 11.3 Å². The van der Waals surface area contributed by atoms with Crippen LogP contribution in [0.15, 0.2) is 67.0 Å². The van der Waals surface area contributed by atoms with Gasteiger partial charge < -0.3 is 11.1 Å². The minimum atomic E-state index is -0.800. The Bertz CT molecular complexity index is 888. The van der Waals surface area contributed by atoms with Crippen LogP contribution in [0, 0.1) is 0 Å². The van der Waals surface area contributed by atoms with Gasteiger partial charge in [0.25, 0.3) is 0 Å². The van der Waals surface area contributed by atoms with E-state index in [9.17, 15) is 4.79 Å². The van der Waals surface area contributed by atoms with Crippen LogP contribution in [0.25, 0.3) is 10.8 Å². The Labute approximate surface area is 140 Å². The SMILES string of the molecule is N[C@]1(C(=O)NCc2cccc3ccccc23)CC1c1ccncc1. The first kappa shape index (κ1) is 14.8. The van der Waals surface area contributed by atoms with Crippen molar-refractivity contribution in [3.8, 4) is 0 Å². The minimum absolute atomic E-state index is 0.0769. The monoisotopic (exact) mass is 317 g/mol. The summed E-state index contributed by atoms with van der Waals surface area (Å²) in [5.74, 6) is -0.00901. The Kier molecular flexibility index (Phi) is 3.54. The van der Waals surface area contributed by atoms with Gasteiger partial charge in [0.2, 0.25) is 5.91 Å². The molecule has 24 heavy (non-hydrogen) atoms. The van der Waals surface area contributed by atoms with Crippen LogP contribution in [0.5, 0.6) is 0 Å². The van der Waals surface area contributed by atoms with Crippen LogP contribution < -0.4 is 11.1 Å². The van der Waals surface area contributed by atoms with Crippen LogP contribution in [0.4, 0.5) is 0 Å². The van der Waals surface area contributed by atoms with Crippen molar-refractivity contribution in [1.82, 2.24) is 10.3 Å². The topological polar surface area (TPSA) is 68.0 Å². The van der Waals surface area contributed by atoms with E-state index in [2.05, 4.69) is 28.5 Å². The van der Waals surface area contributed by atoms with Gasteiger partial charge in [0.15, 0.2) is 0 Å². The molecule has 1 heterocycles. The molecule has 120 valence electrons. The maximum Gasteiger partial charge on any atom is 0.241 e. The summed E-state index contributed by atoms with van der Waals surface area (Å²) >= 11 is 0. The lowest BCUT2D eigenvalue weighted by Crippen LogP contribution is -2.43. The van der Waals surface area contributed by atoms with Crippen molar-refractivity contribution in [3.05, 3.63) is 78.1 Å². The third-order valence-electron chi connectivity index (χ3n) is 4.85. The zero-order chi connectivity index (χ0) is 16.6. The van der Waals surface area contributed by atoms with Crippen molar-refractivity contribution >= 4 is 16.7 Å². The maximum atomic E-state index is 12.6. The fourth-order valence-electron chi connectivity index (χ4n) is 3.33. The largest absolute Gasteiger partial charge is 0.350 e. The van der Waals surface area contributed by atoms with Gasteiger partial charge in [-0.2, -0.15) is 0 Å². The lowest BCUT2D eigenvalue weighted by Gasteiger charge is -2.13. The smallest absolute Gasteiger partial charge is 0.241 e. The molecule has 0 saturated heterocycles. The molecule has 0 bridgehead atoms. The van der Waals surface area contributed by atoms with Crippen molar-refractivity contribution in [2.45, 2.75) is 24.4 Å². The third kappa shape index (κ3) is 2.55. The lowest BCUT2D eigenvalue weighted by atomic mass is 10.0. The molecular formula is C20H19N3O. The molecule has 0 aliphatic heterocycles. The number of nitrogens with two attached hydrogens (primary N) is 1. The van der Waals surface area contributed by atoms with Crippen LogP contribution in [0.3, 0.4) is 0 Å². The minimum Gasteiger partial charge on any atom is -0.350 e. The average Bonchev–Trinajstić information content (AvgIpc) is 3.33. The number of rotatable bonds is 4. The highest BCUT2D eigenvalue weighted by Gasteiger charge is 2.57. The fraction of sp³-hybridized carbons (Fsp3) is 0.200. The number of aromatic nitrogens is 1. The van der Waals surface area contributed by atoms with Gasteiger partial charge in [-0.3, -0.25) is 9.78 Å². The second-order valence-electron chi connectivity index (χ2n) is 6.40. The van der Waals surface area contributed by atoms with E-state index >= 15 is 0 Å². The Morgan fingerprint density at radius 1 is 1.12 bits per heavy atom. The van der Waals surface area contributed by atoms with Crippen molar-refractivity contribution in [2.24, 2.45) is 5.73 Å². The summed E-state index contributed by atoms with van der Waals surface area (Å²) < 4.78 is 0. The van der Waals surface area contributed by atoms with Gasteiger partial charge in [-0.15, -0.1) is 0 Å². The van der Waals surface area contributed by atoms with E-state index in [0.29, 0.717) is 13.0 Å². The standard InChI is InChI=1S/C20H19N3O/c21-20(12-18(20)15-8-10-22-11-9-15)19(24)23-13-16-6-3-5-14-4-1-2-7-17(14)16/h1-11,18H,12-13,21H2,(H,23,24)/t18?,20-/m1/s1. The number of nitrogens with zero attached hydrogens (tertiary/aromatic N) is 1. The fourth-order valence-corrected chi connectivity index (χ4v) is 3.33. The zero-order valence-electron chi connectivity index (χ0n) is 13.3. The van der Waals surface area contributed by atoms with Gasteiger partial charge in [-0.25, -0.2) is 0 Å². The first-order valence-electron chi connectivity index (χ1n) is 8.12. The van der Waals surface area contributed by atoms with Crippen molar-refractivity contribution < 1.29 is 4.79 Å². The number of nitrogens with one attached hydrogen (secondary N) is 1. The summed E-state index contributed by atoms with van der Waals surface area (Å²) in [6.07, 6.45) is 4.16. The molecule has 1 unspecified atom stereocenters. The van der Waals surface area contributed by atoms with Gasteiger partial charge in [-0.1, -0.05) is 42.5 Å². The molecule has 2 aromatic carbocycles. The molecule has 1 fully saturated rings. The normalized spacial score (nSPS) is 22.3. The van der Waals surface area contributed by atoms with Gasteiger partial charge in [0.1, 0.15) is 5.54 Å². The predicted octanol–water partition coefficient (Wildman–Crippen LogP) is 2.74. The van der Waals surface area contributed by atoms with Gasteiger partial charge >= 0.3 is 0 Å². The summed E-state index contributed by atoms with van der Waals surface area (Å²) in [4.78, 5) is 16.6. The highest BCUT2D eigenvalue weighted by molar-refractivity contribution is 5.92. The number of carbonyl (C=O) groups is 1. The summed E-state index contributed by atoms with van der Waals surface area (Å²) in [6, 6.07) is 18.2. The number of fused-ring (bicyclic) bond motifs is 1. The molecule has 4 nitrogen and oxygen atoms in total. The molecule has 3 aromatic rings. The van der Waals surface area contributed by atoms with Crippen LogP contribution in [0.2, 0.25) is 0 Å². The van der Waals surface area contributed by atoms with E-state index in [-0.39, 0.29) is 11.8 Å². The first-order chi connectivity index (χ1) is 11.7. The molecule has 2 atom stereocenters. The van der Waals surface area contributed by atoms with E-state index < -0.39 is 5.54 Å². The zero-order valence-corrected chi connectivity index (χ0v) is 13.3. The van der Waals surface area contributed by atoms with Crippen molar-refractivity contribution in [3.63, 3.8) is 0 Å². The maximum absolute atomic E-state index is 12.6. The number of benzene rings is 2. The van der Waals surface area contributed by atoms with Crippen molar-refractivity contribution in [1.29, 1.82) is 0 Å². The Balaban J connectivity index is 1.47. The van der Waals surface area contributed by atoms with E-state index in [1.165, 1.54) is 5.39 Å². The quantitative estimate of drug-likeness (QED) is 0.777. The number of pyridine rings is 1. The summed E-state index contributed by atoms with van der Waals surface area (Å²) in [5, 5.41) is 5.35. The summed E-state index contributed by atoms with van der Waals surface area (Å²) in [6.45, 7) is 0.488. The molecule has 1 aromatic heterocycles. The molecule has 1 aliphatic carbocycles. The highest BCUT2D eigenvalue weighted by atomic mass is 16.2. The number of carbonyl (C=O) groups excluding carboxylic acids is 1. The van der Waals surface area contributed by atoms with E-state index in [1.807, 2.05) is 36.4 Å². The predicted molar refractivity (Wildman–Crippen MR) is 94.3 cm³/mol. The Morgan fingerprint density at radius 3 is 2.71 bits per heavy atom. The first-order valence-corrected chi connectivity index (χ1v) is 8.12. The van der Waals surface area contributed by atoms with E-state index in [4.69, 9.17) is 5.73 Å². The van der Waals surface area contributed by atoms with Crippen molar-refractivity contribution in [2.75, 3.05) is 0 Å². The lowest BCUT2D eigenvalue weighted by molar-refractivity contribution is -0.123.